The van der Waals surface area contributed by atoms with Gasteiger partial charge >= 0.3 is 18.4 Å². The molecular formula is C30H28F7NO3. The van der Waals surface area contributed by atoms with Crippen LogP contribution in [0.3, 0.4) is 0 Å². The summed E-state index contributed by atoms with van der Waals surface area (Å²) in [6.07, 6.45) is -12.4. The van der Waals surface area contributed by atoms with Crippen molar-refractivity contribution >= 4 is 6.09 Å². The fourth-order valence-electron chi connectivity index (χ4n) is 5.00. The Morgan fingerprint density at radius 3 is 2.07 bits per heavy atom. The summed E-state index contributed by atoms with van der Waals surface area (Å²) in [6.45, 7) is 6.92. The van der Waals surface area contributed by atoms with Gasteiger partial charge in [-0.3, -0.25) is 4.90 Å². The molecule has 1 fully saturated rings. The molecule has 0 spiro atoms. The van der Waals surface area contributed by atoms with Crippen LogP contribution in [-0.2, 0) is 23.6 Å². The Kier molecular flexibility index (Phi) is 8.03. The number of aryl methyl sites for hydroxylation is 1. The number of carbonyl (C=O) groups excluding carboxylic acids is 1. The lowest BCUT2D eigenvalue weighted by atomic mass is 9.92. The maximum absolute atomic E-state index is 14.7. The molecule has 0 radical (unpaired) electrons. The van der Waals surface area contributed by atoms with Crippen LogP contribution >= 0.6 is 0 Å². The van der Waals surface area contributed by atoms with Crippen molar-refractivity contribution in [2.75, 3.05) is 7.11 Å². The van der Waals surface area contributed by atoms with Crippen molar-refractivity contribution in [1.82, 2.24) is 4.90 Å². The second kappa shape index (κ2) is 10.9. The largest absolute Gasteiger partial charge is 0.496 e. The molecule has 0 bridgehead atoms. The molecule has 1 aliphatic heterocycles. The van der Waals surface area contributed by atoms with Gasteiger partial charge in [0.05, 0.1) is 30.8 Å². The normalized spacial score (nSPS) is 17.8. The van der Waals surface area contributed by atoms with Crippen LogP contribution in [0.25, 0.3) is 11.1 Å². The Hall–Kier alpha value is -3.76. The van der Waals surface area contributed by atoms with Gasteiger partial charge in [-0.2, -0.15) is 26.3 Å². The van der Waals surface area contributed by atoms with E-state index in [4.69, 9.17) is 9.47 Å². The third-order valence-electron chi connectivity index (χ3n) is 7.16. The molecule has 4 rings (SSSR count). The predicted molar refractivity (Wildman–Crippen MR) is 138 cm³/mol. The van der Waals surface area contributed by atoms with Crippen molar-refractivity contribution < 1.29 is 45.0 Å². The van der Waals surface area contributed by atoms with E-state index in [2.05, 4.69) is 0 Å². The summed E-state index contributed by atoms with van der Waals surface area (Å²) in [5.41, 5.74) is -0.322. The fourth-order valence-corrected chi connectivity index (χ4v) is 5.00. The smallest absolute Gasteiger partial charge is 0.416 e. The topological polar surface area (TPSA) is 38.8 Å². The van der Waals surface area contributed by atoms with Crippen molar-refractivity contribution in [2.24, 2.45) is 0 Å². The minimum Gasteiger partial charge on any atom is -0.496 e. The van der Waals surface area contributed by atoms with E-state index in [9.17, 15) is 35.5 Å². The summed E-state index contributed by atoms with van der Waals surface area (Å²) >= 11 is 0. The minimum absolute atomic E-state index is 0.0310. The Morgan fingerprint density at radius 1 is 0.927 bits per heavy atom. The number of methoxy groups -OCH3 is 1. The van der Waals surface area contributed by atoms with Crippen LogP contribution in [-0.4, -0.2) is 24.1 Å². The zero-order chi connectivity index (χ0) is 30.4. The Labute approximate surface area is 232 Å². The zero-order valence-corrected chi connectivity index (χ0v) is 22.9. The number of benzene rings is 3. The van der Waals surface area contributed by atoms with Crippen LogP contribution in [0.5, 0.6) is 5.75 Å². The van der Waals surface area contributed by atoms with Crippen molar-refractivity contribution in [1.29, 1.82) is 0 Å². The average Bonchev–Trinajstić information content (AvgIpc) is 3.15. The zero-order valence-electron chi connectivity index (χ0n) is 22.9. The summed E-state index contributed by atoms with van der Waals surface area (Å²) in [7, 11) is 1.40. The Balaban J connectivity index is 1.75. The van der Waals surface area contributed by atoms with Crippen LogP contribution in [0.2, 0.25) is 0 Å². The highest BCUT2D eigenvalue weighted by Crippen LogP contribution is 2.42. The first-order valence-electron chi connectivity index (χ1n) is 12.7. The Bertz CT molecular complexity index is 1430. The minimum atomic E-state index is -5.04. The van der Waals surface area contributed by atoms with E-state index in [-0.39, 0.29) is 24.3 Å². The summed E-state index contributed by atoms with van der Waals surface area (Å²) in [4.78, 5) is 14.2. The molecule has 0 saturated carbocycles. The molecule has 4 nitrogen and oxygen atoms in total. The van der Waals surface area contributed by atoms with Crippen LogP contribution in [0.15, 0.2) is 48.5 Å². The van der Waals surface area contributed by atoms with Crippen LogP contribution in [0.4, 0.5) is 35.5 Å². The summed E-state index contributed by atoms with van der Waals surface area (Å²) < 4.78 is 106. The molecule has 1 aliphatic rings. The molecule has 1 unspecified atom stereocenters. The molecule has 1 amide bonds. The first kappa shape index (κ1) is 30.2. The number of nitrogens with zero attached hydrogens (tertiary/aromatic N) is 1. The molecule has 220 valence electrons. The molecule has 3 aromatic rings. The van der Waals surface area contributed by atoms with E-state index < -0.39 is 53.1 Å². The molecule has 3 aromatic carbocycles. The van der Waals surface area contributed by atoms with Gasteiger partial charge in [0.2, 0.25) is 0 Å². The quantitative estimate of drug-likeness (QED) is 0.272. The van der Waals surface area contributed by atoms with Crippen molar-refractivity contribution in [3.63, 3.8) is 0 Å². The lowest BCUT2D eigenvalue weighted by Gasteiger charge is -2.24. The van der Waals surface area contributed by atoms with E-state index in [0.717, 1.165) is 5.56 Å². The van der Waals surface area contributed by atoms with Gasteiger partial charge < -0.3 is 9.47 Å². The predicted octanol–water partition coefficient (Wildman–Crippen LogP) is 9.05. The molecule has 0 aromatic heterocycles. The highest BCUT2D eigenvalue weighted by Gasteiger charge is 2.43. The SMILES string of the molecule is COc1cc(F)c(C(C)C)cc1-c1ccc(C)cc1CN1C(=O)OC(c2cc(C(F)(F)F)cc(C(F)(F)F)c2)[C@@H]1C. The molecule has 41 heavy (non-hydrogen) atoms. The van der Waals surface area contributed by atoms with E-state index in [0.29, 0.717) is 34.4 Å². The lowest BCUT2D eigenvalue weighted by Crippen LogP contribution is -2.31. The monoisotopic (exact) mass is 583 g/mol. The van der Waals surface area contributed by atoms with Gasteiger partial charge in [-0.05, 0) is 66.3 Å². The fraction of sp³-hybridized carbons (Fsp3) is 0.367. The van der Waals surface area contributed by atoms with Gasteiger partial charge in [-0.1, -0.05) is 37.6 Å². The van der Waals surface area contributed by atoms with Gasteiger partial charge in [0.1, 0.15) is 17.7 Å². The average molecular weight is 584 g/mol. The molecule has 1 heterocycles. The molecular weight excluding hydrogens is 555 g/mol. The third kappa shape index (κ3) is 6.13. The van der Waals surface area contributed by atoms with E-state index >= 15 is 0 Å². The van der Waals surface area contributed by atoms with E-state index in [1.165, 1.54) is 25.0 Å². The molecule has 0 aliphatic carbocycles. The van der Waals surface area contributed by atoms with Gasteiger partial charge in [0.15, 0.2) is 0 Å². The van der Waals surface area contributed by atoms with Crippen molar-refractivity contribution in [2.45, 2.75) is 64.7 Å². The first-order valence-corrected chi connectivity index (χ1v) is 12.7. The standard InChI is InChI=1S/C30H28F7NO3/c1-15(2)23-12-24(26(40-5)13-25(23)31)22-7-6-16(3)8-19(22)14-38-17(4)27(41-28(38)39)18-9-20(29(32,33)34)11-21(10-18)30(35,36)37/h6-13,15,17,27H,14H2,1-5H3/t17-,27?/m0/s1. The first-order chi connectivity index (χ1) is 19.0. The van der Waals surface area contributed by atoms with Gasteiger partial charge in [-0.15, -0.1) is 0 Å². The number of cyclic esters (lactones) is 1. The molecule has 0 N–H and O–H groups in total. The number of alkyl halides is 6. The number of carbonyl (C=O) groups is 1. The van der Waals surface area contributed by atoms with Crippen LogP contribution in [0, 0.1) is 12.7 Å². The van der Waals surface area contributed by atoms with Crippen molar-refractivity contribution in [3.8, 4) is 16.9 Å². The van der Waals surface area contributed by atoms with Gasteiger partial charge in [0.25, 0.3) is 0 Å². The van der Waals surface area contributed by atoms with Gasteiger partial charge in [0, 0.05) is 11.6 Å². The third-order valence-corrected chi connectivity index (χ3v) is 7.16. The number of rotatable bonds is 6. The van der Waals surface area contributed by atoms with E-state index in [1.54, 1.807) is 18.2 Å². The maximum atomic E-state index is 14.7. The number of hydrogen-bond acceptors (Lipinski definition) is 3. The number of ether oxygens (including phenoxy) is 2. The molecule has 1 saturated heterocycles. The number of amides is 1. The van der Waals surface area contributed by atoms with Crippen LogP contribution in [0.1, 0.15) is 66.2 Å². The second-order valence-corrected chi connectivity index (χ2v) is 10.4. The second-order valence-electron chi connectivity index (χ2n) is 10.4. The lowest BCUT2D eigenvalue weighted by molar-refractivity contribution is -0.143. The molecule has 2 atom stereocenters. The van der Waals surface area contributed by atoms with E-state index in [1.807, 2.05) is 26.8 Å². The Morgan fingerprint density at radius 2 is 1.54 bits per heavy atom. The summed E-state index contributed by atoms with van der Waals surface area (Å²) in [6, 6.07) is 8.62. The maximum Gasteiger partial charge on any atom is 0.416 e. The number of halogens is 7. The van der Waals surface area contributed by atoms with Gasteiger partial charge in [-0.25, -0.2) is 9.18 Å². The van der Waals surface area contributed by atoms with Crippen molar-refractivity contribution in [3.05, 3.63) is 87.7 Å². The van der Waals surface area contributed by atoms with Crippen LogP contribution < -0.4 is 4.74 Å². The highest BCUT2D eigenvalue weighted by molar-refractivity contribution is 5.76. The molecule has 11 heteroatoms. The highest BCUT2D eigenvalue weighted by atomic mass is 19.4. The number of hydrogen-bond donors (Lipinski definition) is 0. The summed E-state index contributed by atoms with van der Waals surface area (Å²) in [5.74, 6) is -0.319. The summed E-state index contributed by atoms with van der Waals surface area (Å²) in [5, 5.41) is 0.